The highest BCUT2D eigenvalue weighted by Crippen LogP contribution is 2.48. The Hall–Kier alpha value is -2.53. The van der Waals surface area contributed by atoms with Crippen LogP contribution in [-0.4, -0.2) is 23.8 Å². The highest BCUT2D eigenvalue weighted by molar-refractivity contribution is 6.00. The van der Waals surface area contributed by atoms with Crippen LogP contribution in [0, 0.1) is 0 Å². The summed E-state index contributed by atoms with van der Waals surface area (Å²) >= 11 is 0. The van der Waals surface area contributed by atoms with Gasteiger partial charge in [-0.3, -0.25) is 4.79 Å². The Morgan fingerprint density at radius 2 is 2.22 bits per heavy atom. The first-order valence-corrected chi connectivity index (χ1v) is 7.69. The SMILES string of the molecule is C=C1C=C(C)c2cc3ccc(=O)n(C)c3c3c2N1[C@@H](CN)CO3. The van der Waals surface area contributed by atoms with E-state index in [0.29, 0.717) is 13.2 Å². The lowest BCUT2D eigenvalue weighted by molar-refractivity contribution is 0.272. The molecule has 3 heterocycles. The second-order valence-electron chi connectivity index (χ2n) is 6.16. The van der Waals surface area contributed by atoms with Crippen LogP contribution in [0.15, 0.2) is 41.3 Å². The number of allylic oxidation sites excluding steroid dienone is 2. The second kappa shape index (κ2) is 4.73. The number of ether oxygens (including phenoxy) is 1. The summed E-state index contributed by atoms with van der Waals surface area (Å²) in [5, 5.41) is 0.993. The molecule has 0 aliphatic carbocycles. The molecule has 4 rings (SSSR count). The van der Waals surface area contributed by atoms with Crippen LogP contribution in [0.1, 0.15) is 12.5 Å². The first kappa shape index (κ1) is 14.1. The van der Waals surface area contributed by atoms with Gasteiger partial charge in [0.2, 0.25) is 0 Å². The van der Waals surface area contributed by atoms with Gasteiger partial charge in [-0.05, 0) is 30.7 Å². The molecule has 5 heteroatoms. The highest BCUT2D eigenvalue weighted by Gasteiger charge is 2.35. The van der Waals surface area contributed by atoms with E-state index in [1.54, 1.807) is 17.7 Å². The molecule has 0 amide bonds. The van der Waals surface area contributed by atoms with E-state index in [1.165, 1.54) is 0 Å². The average molecular weight is 309 g/mol. The quantitative estimate of drug-likeness (QED) is 0.875. The Morgan fingerprint density at radius 3 is 2.96 bits per heavy atom. The fraction of sp³-hybridized carbons (Fsp3) is 0.278. The molecule has 2 aliphatic rings. The monoisotopic (exact) mass is 309 g/mol. The summed E-state index contributed by atoms with van der Waals surface area (Å²) in [6.45, 7) is 7.21. The molecule has 5 nitrogen and oxygen atoms in total. The van der Waals surface area contributed by atoms with E-state index in [1.807, 2.05) is 6.07 Å². The molecule has 0 bridgehead atoms. The zero-order valence-electron chi connectivity index (χ0n) is 13.3. The normalized spacial score (nSPS) is 19.4. The van der Waals surface area contributed by atoms with Crippen molar-refractivity contribution in [3.63, 3.8) is 0 Å². The molecule has 0 saturated carbocycles. The van der Waals surface area contributed by atoms with E-state index < -0.39 is 0 Å². The number of fused-ring (bicyclic) bond motifs is 2. The molecule has 0 unspecified atom stereocenters. The summed E-state index contributed by atoms with van der Waals surface area (Å²) < 4.78 is 7.71. The molecule has 0 fully saturated rings. The van der Waals surface area contributed by atoms with E-state index in [0.717, 1.165) is 39.2 Å². The van der Waals surface area contributed by atoms with Crippen LogP contribution in [0.3, 0.4) is 0 Å². The van der Waals surface area contributed by atoms with Crippen LogP contribution < -0.4 is 20.9 Å². The minimum absolute atomic E-state index is 0.0494. The summed E-state index contributed by atoms with van der Waals surface area (Å²) in [6.07, 6.45) is 2.08. The third-order valence-electron chi connectivity index (χ3n) is 4.75. The highest BCUT2D eigenvalue weighted by atomic mass is 16.5. The van der Waals surface area contributed by atoms with Crippen LogP contribution in [0.5, 0.6) is 5.75 Å². The molecule has 1 aromatic heterocycles. The molecule has 2 aromatic rings. The largest absolute Gasteiger partial charge is 0.487 e. The number of aromatic nitrogens is 1. The second-order valence-corrected chi connectivity index (χ2v) is 6.16. The lowest BCUT2D eigenvalue weighted by atomic mass is 9.93. The third kappa shape index (κ3) is 1.80. The number of rotatable bonds is 1. The van der Waals surface area contributed by atoms with E-state index in [9.17, 15) is 4.79 Å². The number of hydrogen-bond acceptors (Lipinski definition) is 4. The number of nitrogens with two attached hydrogens (primary N) is 1. The average Bonchev–Trinajstić information content (AvgIpc) is 2.54. The number of pyridine rings is 1. The zero-order chi connectivity index (χ0) is 16.3. The summed E-state index contributed by atoms with van der Waals surface area (Å²) in [5.41, 5.74) is 10.8. The van der Waals surface area contributed by atoms with Crippen molar-refractivity contribution in [2.24, 2.45) is 12.8 Å². The molecule has 0 spiro atoms. The van der Waals surface area contributed by atoms with Gasteiger partial charge in [-0.25, -0.2) is 0 Å². The molecule has 1 aromatic carbocycles. The van der Waals surface area contributed by atoms with Crippen LogP contribution in [0.2, 0.25) is 0 Å². The van der Waals surface area contributed by atoms with E-state index in [2.05, 4.69) is 30.5 Å². The Kier molecular flexibility index (Phi) is 2.90. The topological polar surface area (TPSA) is 60.5 Å². The maximum Gasteiger partial charge on any atom is 0.250 e. The van der Waals surface area contributed by atoms with Gasteiger partial charge in [-0.1, -0.05) is 6.58 Å². The van der Waals surface area contributed by atoms with Gasteiger partial charge in [0, 0.05) is 36.3 Å². The number of benzene rings is 1. The Labute approximate surface area is 134 Å². The van der Waals surface area contributed by atoms with Crippen molar-refractivity contribution in [2.45, 2.75) is 13.0 Å². The van der Waals surface area contributed by atoms with Crippen LogP contribution >= 0.6 is 0 Å². The van der Waals surface area contributed by atoms with Crippen molar-refractivity contribution in [1.29, 1.82) is 0 Å². The van der Waals surface area contributed by atoms with Crippen molar-refractivity contribution in [2.75, 3.05) is 18.1 Å². The first-order valence-electron chi connectivity index (χ1n) is 7.69. The van der Waals surface area contributed by atoms with Gasteiger partial charge in [-0.2, -0.15) is 0 Å². The fourth-order valence-electron chi connectivity index (χ4n) is 3.58. The number of aryl methyl sites for hydroxylation is 1. The predicted octanol–water partition coefficient (Wildman–Crippen LogP) is 2.00. The van der Waals surface area contributed by atoms with Crippen molar-refractivity contribution in [3.8, 4) is 5.75 Å². The Bertz CT molecular complexity index is 939. The first-order chi connectivity index (χ1) is 11.0. The molecule has 0 saturated heterocycles. The fourth-order valence-corrected chi connectivity index (χ4v) is 3.58. The number of anilines is 1. The predicted molar refractivity (Wildman–Crippen MR) is 92.8 cm³/mol. The number of hydrogen-bond donors (Lipinski definition) is 1. The smallest absolute Gasteiger partial charge is 0.250 e. The van der Waals surface area contributed by atoms with Crippen LogP contribution in [0.4, 0.5) is 5.69 Å². The maximum atomic E-state index is 12.1. The minimum atomic E-state index is -0.0494. The summed E-state index contributed by atoms with van der Waals surface area (Å²) in [4.78, 5) is 14.2. The summed E-state index contributed by atoms with van der Waals surface area (Å²) in [6, 6.07) is 5.61. The van der Waals surface area contributed by atoms with Gasteiger partial charge < -0.3 is 19.9 Å². The minimum Gasteiger partial charge on any atom is -0.487 e. The molecule has 2 aliphatic heterocycles. The number of nitrogens with zero attached hydrogens (tertiary/aromatic N) is 2. The van der Waals surface area contributed by atoms with E-state index in [4.69, 9.17) is 10.5 Å². The molecule has 23 heavy (non-hydrogen) atoms. The summed E-state index contributed by atoms with van der Waals surface area (Å²) in [5.74, 6) is 0.746. The van der Waals surface area contributed by atoms with Crippen molar-refractivity contribution >= 4 is 22.2 Å². The van der Waals surface area contributed by atoms with E-state index >= 15 is 0 Å². The Balaban J connectivity index is 2.16. The molecular weight excluding hydrogens is 290 g/mol. The molecule has 118 valence electrons. The Morgan fingerprint density at radius 1 is 1.43 bits per heavy atom. The van der Waals surface area contributed by atoms with Gasteiger partial charge in [0.1, 0.15) is 6.61 Å². The molecule has 0 radical (unpaired) electrons. The van der Waals surface area contributed by atoms with Crippen molar-refractivity contribution in [3.05, 3.63) is 52.5 Å². The molecule has 2 N–H and O–H groups in total. The van der Waals surface area contributed by atoms with Crippen LogP contribution in [-0.2, 0) is 7.05 Å². The molecule has 1 atom stereocenters. The lowest BCUT2D eigenvalue weighted by Gasteiger charge is -2.42. The molecular formula is C18H19N3O2. The standard InChI is InChI=1S/C18H19N3O2/c1-10-6-11(2)21-13(8-19)9-23-18-16-12(7-14(10)17(18)21)4-5-15(22)20(16)3/h4-7,13H,2,8-9,19H2,1,3H3/t13-/m0/s1. The third-order valence-corrected chi connectivity index (χ3v) is 4.75. The van der Waals surface area contributed by atoms with Gasteiger partial charge in [0.15, 0.2) is 5.75 Å². The van der Waals surface area contributed by atoms with Crippen LogP contribution in [0.25, 0.3) is 16.5 Å². The van der Waals surface area contributed by atoms with Gasteiger partial charge >= 0.3 is 0 Å². The van der Waals surface area contributed by atoms with Crippen molar-refractivity contribution < 1.29 is 4.74 Å². The maximum absolute atomic E-state index is 12.1. The van der Waals surface area contributed by atoms with Gasteiger partial charge in [0.25, 0.3) is 5.56 Å². The van der Waals surface area contributed by atoms with Gasteiger partial charge in [-0.15, -0.1) is 0 Å². The lowest BCUT2D eigenvalue weighted by Crippen LogP contribution is -2.47. The van der Waals surface area contributed by atoms with E-state index in [-0.39, 0.29) is 11.6 Å². The summed E-state index contributed by atoms with van der Waals surface area (Å²) in [7, 11) is 1.77. The van der Waals surface area contributed by atoms with Gasteiger partial charge in [0.05, 0.1) is 17.2 Å². The van der Waals surface area contributed by atoms with Crippen molar-refractivity contribution in [1.82, 2.24) is 4.57 Å². The zero-order valence-corrected chi connectivity index (χ0v) is 13.3.